The van der Waals surface area contributed by atoms with E-state index in [1.807, 2.05) is 29.8 Å². The van der Waals surface area contributed by atoms with Crippen LogP contribution in [0.15, 0.2) is 30.3 Å². The summed E-state index contributed by atoms with van der Waals surface area (Å²) in [6.07, 6.45) is 1.79. The van der Waals surface area contributed by atoms with Gasteiger partial charge in [0.2, 0.25) is 4.77 Å². The average Bonchev–Trinajstić information content (AvgIpc) is 2.76. The van der Waals surface area contributed by atoms with Gasteiger partial charge in [-0.15, -0.1) is 0 Å². The molecular weight excluding hydrogens is 296 g/mol. The van der Waals surface area contributed by atoms with E-state index in [-0.39, 0.29) is 6.10 Å². The second kappa shape index (κ2) is 6.73. The molecule has 5 nitrogen and oxygen atoms in total. The first kappa shape index (κ1) is 15.4. The highest BCUT2D eigenvalue weighted by Gasteiger charge is 2.22. The van der Waals surface area contributed by atoms with Gasteiger partial charge in [-0.3, -0.25) is 4.57 Å². The van der Waals surface area contributed by atoms with Crippen molar-refractivity contribution in [2.75, 3.05) is 13.1 Å². The summed E-state index contributed by atoms with van der Waals surface area (Å²) >= 11 is 5.60. The van der Waals surface area contributed by atoms with Gasteiger partial charge < -0.3 is 10.0 Å². The molecule has 1 aromatic carbocycles. The van der Waals surface area contributed by atoms with Crippen molar-refractivity contribution in [3.63, 3.8) is 0 Å². The van der Waals surface area contributed by atoms with Crippen molar-refractivity contribution in [1.29, 1.82) is 0 Å². The molecule has 6 heteroatoms. The van der Waals surface area contributed by atoms with E-state index in [1.54, 1.807) is 0 Å². The smallest absolute Gasteiger partial charge is 0.203 e. The lowest BCUT2D eigenvalue weighted by atomic mass is 10.1. The highest BCUT2D eigenvalue weighted by Crippen LogP contribution is 2.07. The molecule has 0 bridgehead atoms. The predicted molar refractivity (Wildman–Crippen MR) is 87.3 cm³/mol. The molecule has 0 saturated carbocycles. The van der Waals surface area contributed by atoms with Crippen molar-refractivity contribution >= 4 is 12.2 Å². The third kappa shape index (κ3) is 3.45. The molecule has 0 aliphatic carbocycles. The van der Waals surface area contributed by atoms with Crippen molar-refractivity contribution in [1.82, 2.24) is 14.3 Å². The fourth-order valence-electron chi connectivity index (χ4n) is 3.08. The Morgan fingerprint density at radius 3 is 2.86 bits per heavy atom. The van der Waals surface area contributed by atoms with Crippen molar-refractivity contribution in [2.45, 2.75) is 39.1 Å². The molecule has 22 heavy (non-hydrogen) atoms. The van der Waals surface area contributed by atoms with Gasteiger partial charge in [0.05, 0.1) is 13.1 Å². The van der Waals surface area contributed by atoms with Crippen LogP contribution >= 0.6 is 12.2 Å². The molecule has 0 radical (unpaired) electrons. The summed E-state index contributed by atoms with van der Waals surface area (Å²) in [6.45, 7) is 5.34. The van der Waals surface area contributed by atoms with E-state index in [1.165, 1.54) is 10.5 Å². The van der Waals surface area contributed by atoms with Crippen LogP contribution in [0.25, 0.3) is 0 Å². The maximum Gasteiger partial charge on any atom is 0.203 e. The first-order valence-electron chi connectivity index (χ1n) is 7.83. The zero-order valence-electron chi connectivity index (χ0n) is 12.9. The lowest BCUT2D eigenvalue weighted by Gasteiger charge is -2.26. The van der Waals surface area contributed by atoms with E-state index in [9.17, 15) is 5.11 Å². The zero-order chi connectivity index (χ0) is 15.5. The summed E-state index contributed by atoms with van der Waals surface area (Å²) in [5, 5.41) is 14.4. The van der Waals surface area contributed by atoms with E-state index in [2.05, 4.69) is 21.8 Å². The van der Waals surface area contributed by atoms with Crippen LogP contribution in [-0.2, 0) is 13.2 Å². The minimum Gasteiger partial charge on any atom is -0.387 e. The molecule has 3 rings (SSSR count). The van der Waals surface area contributed by atoms with Gasteiger partial charge in [-0.05, 0) is 37.5 Å². The van der Waals surface area contributed by atoms with Crippen molar-refractivity contribution < 1.29 is 10.0 Å². The van der Waals surface area contributed by atoms with E-state index >= 15 is 0 Å². The molecule has 2 N–H and O–H groups in total. The summed E-state index contributed by atoms with van der Waals surface area (Å²) in [4.78, 5) is 1.35. The molecule has 2 atom stereocenters. The average molecular weight is 319 g/mol. The van der Waals surface area contributed by atoms with Crippen molar-refractivity contribution in [3.05, 3.63) is 46.5 Å². The highest BCUT2D eigenvalue weighted by molar-refractivity contribution is 7.71. The van der Waals surface area contributed by atoms with E-state index in [0.717, 1.165) is 49.7 Å². The number of nitrogens with zero attached hydrogens (tertiary/aromatic N) is 3. The minimum absolute atomic E-state index is 0.189. The quantitative estimate of drug-likeness (QED) is 0.819. The number of hydrogen-bond acceptors (Lipinski definition) is 3. The van der Waals surface area contributed by atoms with E-state index < -0.39 is 0 Å². The molecular formula is C16H23N4OS+. The van der Waals surface area contributed by atoms with Gasteiger partial charge in [0.25, 0.3) is 0 Å². The number of nitrogens with one attached hydrogen (secondary N) is 1. The molecule has 1 fully saturated rings. The lowest BCUT2D eigenvalue weighted by molar-refractivity contribution is -0.931. The van der Waals surface area contributed by atoms with Crippen LogP contribution in [0.5, 0.6) is 0 Å². The topological polar surface area (TPSA) is 47.4 Å². The monoisotopic (exact) mass is 319 g/mol. The second-order valence-corrected chi connectivity index (χ2v) is 6.42. The first-order chi connectivity index (χ1) is 10.6. The lowest BCUT2D eigenvalue weighted by Crippen LogP contribution is -3.13. The number of aliphatic hydroxyl groups excluding tert-OH is 1. The van der Waals surface area contributed by atoms with Crippen LogP contribution in [0.2, 0.25) is 0 Å². The van der Waals surface area contributed by atoms with Gasteiger partial charge in [0.1, 0.15) is 18.5 Å². The molecule has 0 spiro atoms. The maximum absolute atomic E-state index is 9.80. The zero-order valence-corrected chi connectivity index (χ0v) is 13.7. The van der Waals surface area contributed by atoms with Crippen LogP contribution in [0.1, 0.15) is 24.2 Å². The first-order valence-corrected chi connectivity index (χ1v) is 8.24. The molecule has 1 saturated heterocycles. The number of benzene rings is 1. The number of aryl methyl sites for hydroxylation is 1. The van der Waals surface area contributed by atoms with E-state index in [0.29, 0.717) is 0 Å². The Kier molecular flexibility index (Phi) is 4.71. The number of aromatic nitrogens is 3. The number of hydrogen-bond donors (Lipinski definition) is 2. The van der Waals surface area contributed by atoms with Gasteiger partial charge in [0, 0.05) is 0 Å². The molecule has 1 aliphatic heterocycles. The Morgan fingerprint density at radius 1 is 1.36 bits per heavy atom. The third-order valence-corrected chi connectivity index (χ3v) is 4.69. The Morgan fingerprint density at radius 2 is 2.14 bits per heavy atom. The predicted octanol–water partition coefficient (Wildman–Crippen LogP) is 0.768. The summed E-state index contributed by atoms with van der Waals surface area (Å²) in [5.41, 5.74) is 1.22. The normalized spacial score (nSPS) is 21.9. The number of rotatable bonds is 4. The molecule has 1 aromatic heterocycles. The second-order valence-electron chi connectivity index (χ2n) is 6.06. The number of piperidine rings is 1. The van der Waals surface area contributed by atoms with E-state index in [4.69, 9.17) is 12.2 Å². The Hall–Kier alpha value is -1.50. The Labute approximate surface area is 135 Å². The van der Waals surface area contributed by atoms with Gasteiger partial charge in [-0.25, -0.2) is 0 Å². The summed E-state index contributed by atoms with van der Waals surface area (Å²) in [6, 6.07) is 10.3. The van der Waals surface area contributed by atoms with Crippen LogP contribution in [0.4, 0.5) is 0 Å². The highest BCUT2D eigenvalue weighted by atomic mass is 32.1. The van der Waals surface area contributed by atoms with Crippen LogP contribution in [0, 0.1) is 11.7 Å². The molecule has 0 amide bonds. The Bertz CT molecular complexity index is 679. The number of aliphatic hydroxyl groups is 1. The van der Waals surface area contributed by atoms with Crippen LogP contribution in [0.3, 0.4) is 0 Å². The van der Waals surface area contributed by atoms with Gasteiger partial charge >= 0.3 is 0 Å². The standard InChI is InChI=1S/C16H22N4OS/c1-13-17-20(12-18-9-5-8-15(21)11-18)16(22)19(13)10-14-6-3-2-4-7-14/h2-4,6-7,15,21H,5,8-12H2,1H3/p+1/t15-/m1/s1. The van der Waals surface area contributed by atoms with Crippen molar-refractivity contribution in [2.24, 2.45) is 0 Å². The molecule has 2 heterocycles. The fourth-order valence-corrected chi connectivity index (χ4v) is 3.38. The SMILES string of the molecule is Cc1nn(C[NH+]2CCC[C@@H](O)C2)c(=S)n1Cc1ccccc1. The summed E-state index contributed by atoms with van der Waals surface area (Å²) < 4.78 is 4.74. The summed E-state index contributed by atoms with van der Waals surface area (Å²) in [5.74, 6) is 0.936. The van der Waals surface area contributed by atoms with Crippen LogP contribution < -0.4 is 4.90 Å². The number of quaternary nitrogens is 1. The van der Waals surface area contributed by atoms with Gasteiger partial charge in [-0.1, -0.05) is 30.3 Å². The van der Waals surface area contributed by atoms with Crippen molar-refractivity contribution in [3.8, 4) is 0 Å². The largest absolute Gasteiger partial charge is 0.387 e. The molecule has 2 aromatic rings. The minimum atomic E-state index is -0.189. The molecule has 118 valence electrons. The molecule has 1 aliphatic rings. The van der Waals surface area contributed by atoms with Gasteiger partial charge in [-0.2, -0.15) is 9.78 Å². The number of likely N-dealkylation sites (tertiary alicyclic amines) is 1. The molecule has 1 unspecified atom stereocenters. The maximum atomic E-state index is 9.80. The van der Waals surface area contributed by atoms with Crippen LogP contribution in [-0.4, -0.2) is 38.6 Å². The fraction of sp³-hybridized carbons (Fsp3) is 0.500. The third-order valence-electron chi connectivity index (χ3n) is 4.26. The van der Waals surface area contributed by atoms with Gasteiger partial charge in [0.15, 0.2) is 6.67 Å². The summed E-state index contributed by atoms with van der Waals surface area (Å²) in [7, 11) is 0. The Balaban J connectivity index is 1.76.